The average Bonchev–Trinajstić information content (AvgIpc) is 3.34. The van der Waals surface area contributed by atoms with Crippen LogP contribution in [0.5, 0.6) is 0 Å². The fourth-order valence-corrected chi connectivity index (χ4v) is 8.28. The van der Waals surface area contributed by atoms with Gasteiger partial charge in [-0.25, -0.2) is 0 Å². The van der Waals surface area contributed by atoms with Crippen molar-refractivity contribution in [1.29, 1.82) is 0 Å². The van der Waals surface area contributed by atoms with Crippen LogP contribution in [0.1, 0.15) is 226 Å². The van der Waals surface area contributed by atoms with Crippen molar-refractivity contribution in [2.75, 3.05) is 13.2 Å². The lowest BCUT2D eigenvalue weighted by molar-refractivity contribution is -0.302. The third-order valence-electron chi connectivity index (χ3n) is 12.7. The van der Waals surface area contributed by atoms with Crippen LogP contribution in [0.15, 0.2) is 85.1 Å². The summed E-state index contributed by atoms with van der Waals surface area (Å²) in [5.41, 5.74) is 0. The van der Waals surface area contributed by atoms with Crippen LogP contribution in [-0.4, -0.2) is 87.5 Å². The van der Waals surface area contributed by atoms with E-state index < -0.39 is 49.5 Å². The minimum atomic E-state index is -1.58. The second-order valence-corrected chi connectivity index (χ2v) is 19.0. The van der Waals surface area contributed by atoms with Gasteiger partial charge in [-0.1, -0.05) is 227 Å². The Morgan fingerprint density at radius 2 is 0.926 bits per heavy atom. The fraction of sp³-hybridized carbons (Fsp3) is 0.746. The summed E-state index contributed by atoms with van der Waals surface area (Å²) in [5, 5.41) is 54.3. The van der Waals surface area contributed by atoms with Gasteiger partial charge in [-0.2, -0.15) is 0 Å². The average molecular weight is 954 g/mol. The van der Waals surface area contributed by atoms with E-state index in [1.165, 1.54) is 128 Å². The first kappa shape index (κ1) is 63.4. The molecule has 0 radical (unpaired) electrons. The molecular formula is C59H103NO8. The van der Waals surface area contributed by atoms with Crippen molar-refractivity contribution in [1.82, 2.24) is 5.32 Å². The lowest BCUT2D eigenvalue weighted by Crippen LogP contribution is -2.60. The van der Waals surface area contributed by atoms with E-state index in [1.54, 1.807) is 6.08 Å². The molecule has 9 nitrogen and oxygen atoms in total. The number of hydrogen-bond donors (Lipinski definition) is 6. The molecule has 68 heavy (non-hydrogen) atoms. The first-order valence-electron chi connectivity index (χ1n) is 27.8. The predicted molar refractivity (Wildman–Crippen MR) is 285 cm³/mol. The number of allylic oxidation sites excluding steroid dienone is 13. The van der Waals surface area contributed by atoms with Gasteiger partial charge < -0.3 is 40.3 Å². The Labute approximate surface area is 416 Å². The largest absolute Gasteiger partial charge is 0.394 e. The fourth-order valence-electron chi connectivity index (χ4n) is 8.28. The van der Waals surface area contributed by atoms with Crippen molar-refractivity contribution in [3.8, 4) is 0 Å². The summed E-state index contributed by atoms with van der Waals surface area (Å²) in [4.78, 5) is 13.0. The Hall–Kier alpha value is -2.63. The number of unbranched alkanes of at least 4 members (excludes halogenated alkanes) is 24. The van der Waals surface area contributed by atoms with Gasteiger partial charge >= 0.3 is 0 Å². The Bertz CT molecular complexity index is 1340. The van der Waals surface area contributed by atoms with Crippen LogP contribution in [-0.2, 0) is 14.3 Å². The highest BCUT2D eigenvalue weighted by atomic mass is 16.7. The minimum absolute atomic E-state index is 0.193. The molecule has 0 aromatic heterocycles. The van der Waals surface area contributed by atoms with Gasteiger partial charge in [0.25, 0.3) is 0 Å². The van der Waals surface area contributed by atoms with E-state index >= 15 is 0 Å². The van der Waals surface area contributed by atoms with Crippen molar-refractivity contribution in [3.63, 3.8) is 0 Å². The maximum absolute atomic E-state index is 13.0. The molecule has 6 N–H and O–H groups in total. The minimum Gasteiger partial charge on any atom is -0.394 e. The van der Waals surface area contributed by atoms with E-state index in [-0.39, 0.29) is 12.5 Å². The topological polar surface area (TPSA) is 149 Å². The monoisotopic (exact) mass is 954 g/mol. The van der Waals surface area contributed by atoms with Gasteiger partial charge in [0.05, 0.1) is 25.4 Å². The smallest absolute Gasteiger partial charge is 0.220 e. The van der Waals surface area contributed by atoms with Crippen LogP contribution in [0.25, 0.3) is 0 Å². The van der Waals surface area contributed by atoms with Gasteiger partial charge in [0.1, 0.15) is 24.4 Å². The molecule has 1 fully saturated rings. The number of rotatable bonds is 46. The lowest BCUT2D eigenvalue weighted by atomic mass is 9.99. The molecule has 0 saturated carbocycles. The number of nitrogens with one attached hydrogen (secondary N) is 1. The third-order valence-corrected chi connectivity index (χ3v) is 12.7. The normalized spacial score (nSPS) is 20.2. The predicted octanol–water partition coefficient (Wildman–Crippen LogP) is 13.5. The third kappa shape index (κ3) is 37.2. The Balaban J connectivity index is 2.12. The zero-order valence-corrected chi connectivity index (χ0v) is 43.3. The summed E-state index contributed by atoms with van der Waals surface area (Å²) >= 11 is 0. The summed E-state index contributed by atoms with van der Waals surface area (Å²) in [6.07, 6.45) is 61.0. The first-order chi connectivity index (χ1) is 33.3. The highest BCUT2D eigenvalue weighted by Gasteiger charge is 2.44. The molecule has 392 valence electrons. The molecular weight excluding hydrogens is 851 g/mol. The number of amides is 1. The number of aliphatic hydroxyl groups is 5. The summed E-state index contributed by atoms with van der Waals surface area (Å²) in [5.74, 6) is -0.193. The van der Waals surface area contributed by atoms with Crippen LogP contribution in [0.3, 0.4) is 0 Å². The van der Waals surface area contributed by atoms with Crippen molar-refractivity contribution in [3.05, 3.63) is 85.1 Å². The van der Waals surface area contributed by atoms with Gasteiger partial charge in [-0.3, -0.25) is 4.79 Å². The SMILES string of the molecule is CC/C=C\C/C=C\C/C=C\C/C=C\CCCCCCCCCCCCCCCCCCCCCCC(=O)NC(COC1OC(CO)C(O)C(O)C1O)C(O)/C=C/CC/C=C/CC/C=C/CCCC. The summed E-state index contributed by atoms with van der Waals surface area (Å²) < 4.78 is 11.2. The number of hydrogen-bond acceptors (Lipinski definition) is 8. The van der Waals surface area contributed by atoms with E-state index in [1.807, 2.05) is 6.08 Å². The number of aliphatic hydroxyl groups excluding tert-OH is 5. The summed E-state index contributed by atoms with van der Waals surface area (Å²) in [6, 6.07) is -0.829. The second kappa shape index (κ2) is 48.0. The highest BCUT2D eigenvalue weighted by Crippen LogP contribution is 2.23. The van der Waals surface area contributed by atoms with E-state index in [2.05, 4.69) is 92.1 Å². The molecule has 0 aromatic carbocycles. The number of carbonyl (C=O) groups is 1. The Morgan fingerprint density at radius 3 is 1.41 bits per heavy atom. The lowest BCUT2D eigenvalue weighted by Gasteiger charge is -2.40. The molecule has 7 atom stereocenters. The van der Waals surface area contributed by atoms with Crippen molar-refractivity contribution < 1.29 is 39.8 Å². The molecule has 1 saturated heterocycles. The molecule has 0 aromatic rings. The van der Waals surface area contributed by atoms with Crippen LogP contribution < -0.4 is 5.32 Å². The zero-order valence-electron chi connectivity index (χ0n) is 43.3. The highest BCUT2D eigenvalue weighted by molar-refractivity contribution is 5.76. The summed E-state index contributed by atoms with van der Waals surface area (Å²) in [7, 11) is 0. The number of carbonyl (C=O) groups excluding carboxylic acids is 1. The molecule has 7 unspecified atom stereocenters. The first-order valence-corrected chi connectivity index (χ1v) is 27.8. The van der Waals surface area contributed by atoms with Gasteiger partial charge in [0.15, 0.2) is 6.29 Å². The Kier molecular flexibility index (Phi) is 44.8. The van der Waals surface area contributed by atoms with Gasteiger partial charge in [-0.05, 0) is 77.0 Å². The zero-order chi connectivity index (χ0) is 49.4. The van der Waals surface area contributed by atoms with Crippen molar-refractivity contribution >= 4 is 5.91 Å². The van der Waals surface area contributed by atoms with Crippen LogP contribution in [0, 0.1) is 0 Å². The van der Waals surface area contributed by atoms with E-state index in [4.69, 9.17) is 9.47 Å². The van der Waals surface area contributed by atoms with Crippen LogP contribution in [0.4, 0.5) is 0 Å². The summed E-state index contributed by atoms with van der Waals surface area (Å²) in [6.45, 7) is 3.59. The second-order valence-electron chi connectivity index (χ2n) is 19.0. The molecule has 1 heterocycles. The quantitative estimate of drug-likeness (QED) is 0.0261. The molecule has 9 heteroatoms. The van der Waals surface area contributed by atoms with Crippen molar-refractivity contribution in [2.24, 2.45) is 0 Å². The molecule has 0 spiro atoms. The van der Waals surface area contributed by atoms with E-state index in [0.29, 0.717) is 6.42 Å². The van der Waals surface area contributed by atoms with Gasteiger partial charge in [-0.15, -0.1) is 0 Å². The molecule has 0 bridgehead atoms. The molecule has 1 rings (SSSR count). The number of ether oxygens (including phenoxy) is 2. The standard InChI is InChI=1S/C59H103NO8/c1-3-5-7-9-11-13-15-17-18-19-20-21-22-23-24-25-26-27-28-29-30-31-32-33-34-35-36-37-39-41-43-45-47-49-55(63)60-52(51-67-59-58(66)57(65)56(64)54(50-61)68-59)53(62)48-46-44-42-40-38-16-14-12-10-8-6-4-2/h5,7,10-13,17-18,20-21,38,40,46,48,52-54,56-59,61-62,64-66H,3-4,6,8-9,14-16,19,22-37,39,41-45,47,49-51H2,1-2H3,(H,60,63)/b7-5-,12-10+,13-11-,18-17-,21-20-,40-38+,48-46+. The molecule has 0 aliphatic carbocycles. The molecule has 1 amide bonds. The van der Waals surface area contributed by atoms with Gasteiger partial charge in [0.2, 0.25) is 5.91 Å². The van der Waals surface area contributed by atoms with Gasteiger partial charge in [0, 0.05) is 6.42 Å². The van der Waals surface area contributed by atoms with E-state index in [9.17, 15) is 30.3 Å². The van der Waals surface area contributed by atoms with Crippen LogP contribution >= 0.6 is 0 Å². The Morgan fingerprint density at radius 1 is 0.515 bits per heavy atom. The van der Waals surface area contributed by atoms with Crippen molar-refractivity contribution in [2.45, 2.75) is 269 Å². The molecule has 1 aliphatic rings. The molecule has 1 aliphatic heterocycles. The maximum atomic E-state index is 13.0. The van der Waals surface area contributed by atoms with E-state index in [0.717, 1.165) is 77.0 Å². The van der Waals surface area contributed by atoms with Crippen LogP contribution in [0.2, 0.25) is 0 Å². The maximum Gasteiger partial charge on any atom is 0.220 e.